The maximum atomic E-state index is 12.7. The van der Waals surface area contributed by atoms with E-state index in [0.29, 0.717) is 23.0 Å². The molecule has 2 fully saturated rings. The first kappa shape index (κ1) is 19.3. The molecule has 30 heavy (non-hydrogen) atoms. The predicted molar refractivity (Wildman–Crippen MR) is 112 cm³/mol. The molecule has 2 aliphatic heterocycles. The molecular formula is C22H27N5O3. The van der Waals surface area contributed by atoms with E-state index in [1.165, 1.54) is 5.56 Å². The Kier molecular flexibility index (Phi) is 4.83. The lowest BCUT2D eigenvalue weighted by molar-refractivity contribution is 0.0829. The van der Waals surface area contributed by atoms with E-state index in [1.807, 2.05) is 13.0 Å². The second-order valence-corrected chi connectivity index (χ2v) is 8.51. The highest BCUT2D eigenvalue weighted by Gasteiger charge is 2.33. The number of likely N-dealkylation sites (tertiary alicyclic amines) is 1. The average Bonchev–Trinajstić information content (AvgIpc) is 3.15. The van der Waals surface area contributed by atoms with Crippen LogP contribution in [-0.2, 0) is 4.74 Å². The lowest BCUT2D eigenvalue weighted by Crippen LogP contribution is -2.47. The summed E-state index contributed by atoms with van der Waals surface area (Å²) in [5.41, 5.74) is 2.48. The first-order valence-electron chi connectivity index (χ1n) is 10.6. The van der Waals surface area contributed by atoms with E-state index in [4.69, 9.17) is 9.84 Å². The zero-order valence-electron chi connectivity index (χ0n) is 17.3. The van der Waals surface area contributed by atoms with Gasteiger partial charge in [0.2, 0.25) is 0 Å². The summed E-state index contributed by atoms with van der Waals surface area (Å²) in [6.45, 7) is 7.22. The smallest absolute Gasteiger partial charge is 0.277 e. The first-order chi connectivity index (χ1) is 14.5. The lowest BCUT2D eigenvalue weighted by atomic mass is 9.89. The number of ether oxygens (including phenoxy) is 1. The van der Waals surface area contributed by atoms with E-state index >= 15 is 0 Å². The normalized spacial score (nSPS) is 19.8. The van der Waals surface area contributed by atoms with Crippen LogP contribution in [0.25, 0.3) is 5.52 Å². The quantitative estimate of drug-likeness (QED) is 0.687. The summed E-state index contributed by atoms with van der Waals surface area (Å²) in [7, 11) is 0. The Balaban J connectivity index is 1.37. The van der Waals surface area contributed by atoms with Crippen LogP contribution in [-0.4, -0.2) is 55.9 Å². The van der Waals surface area contributed by atoms with Gasteiger partial charge in [-0.1, -0.05) is 12.1 Å². The third-order valence-corrected chi connectivity index (χ3v) is 6.58. The summed E-state index contributed by atoms with van der Waals surface area (Å²) in [4.78, 5) is 22.4. The second kappa shape index (κ2) is 7.52. The van der Waals surface area contributed by atoms with Gasteiger partial charge in [-0.15, -0.1) is 0 Å². The highest BCUT2D eigenvalue weighted by atomic mass is 16.5. The van der Waals surface area contributed by atoms with E-state index in [9.17, 15) is 9.90 Å². The Morgan fingerprint density at radius 3 is 2.73 bits per heavy atom. The van der Waals surface area contributed by atoms with Crippen LogP contribution in [0.2, 0.25) is 0 Å². The summed E-state index contributed by atoms with van der Waals surface area (Å²) in [5.74, 6) is 2.55. The minimum Gasteiger partial charge on any atom is -0.508 e. The topological polar surface area (TPSA) is 95.8 Å². The average molecular weight is 409 g/mol. The van der Waals surface area contributed by atoms with Gasteiger partial charge in [0.1, 0.15) is 17.4 Å². The molecule has 0 aliphatic carbocycles. The molecule has 0 spiro atoms. The molecule has 8 nitrogen and oxygen atoms in total. The van der Waals surface area contributed by atoms with Crippen molar-refractivity contribution in [1.82, 2.24) is 24.5 Å². The van der Waals surface area contributed by atoms with Gasteiger partial charge >= 0.3 is 0 Å². The van der Waals surface area contributed by atoms with Crippen molar-refractivity contribution < 1.29 is 9.84 Å². The number of hydrogen-bond acceptors (Lipinski definition) is 6. The zero-order chi connectivity index (χ0) is 20.8. The number of aromatic hydroxyl groups is 1. The summed E-state index contributed by atoms with van der Waals surface area (Å²) in [6.07, 6.45) is 3.43. The number of hydrogen-bond donors (Lipinski definition) is 2. The van der Waals surface area contributed by atoms with E-state index < -0.39 is 0 Å². The molecule has 0 bridgehead atoms. The van der Waals surface area contributed by atoms with Crippen LogP contribution in [0.1, 0.15) is 60.4 Å². The number of phenols is 1. The molecule has 2 N–H and O–H groups in total. The number of H-pyrrole nitrogens is 1. The van der Waals surface area contributed by atoms with Crippen LogP contribution in [0.4, 0.5) is 0 Å². The number of benzene rings is 1. The Hall–Kier alpha value is -2.71. The summed E-state index contributed by atoms with van der Waals surface area (Å²) in [5, 5.41) is 14.5. The standard InChI is InChI=1S/C22H27N5O3/c1-13-9-16(3-4-19(13)28)17-11-26(12-17)14(2)20-24-22(29)18-10-23-21(27(18)25-20)15-5-7-30-8-6-15/h3-4,9-10,14-15,17,28H,5-8,11-12H2,1-2H3,(H,24,25,29). The van der Waals surface area contributed by atoms with Crippen molar-refractivity contribution >= 4 is 5.52 Å². The first-order valence-corrected chi connectivity index (χ1v) is 10.6. The molecule has 5 rings (SSSR count). The molecule has 8 heteroatoms. The molecule has 3 aromatic rings. The number of rotatable bonds is 4. The van der Waals surface area contributed by atoms with Crippen LogP contribution >= 0.6 is 0 Å². The molecule has 0 radical (unpaired) electrons. The van der Waals surface area contributed by atoms with Gasteiger partial charge in [0.15, 0.2) is 5.52 Å². The highest BCUT2D eigenvalue weighted by Crippen LogP contribution is 2.34. The Bertz CT molecular complexity index is 1130. The van der Waals surface area contributed by atoms with Gasteiger partial charge in [-0.25, -0.2) is 9.50 Å². The van der Waals surface area contributed by atoms with Gasteiger partial charge in [-0.3, -0.25) is 9.69 Å². The molecule has 1 aromatic carbocycles. The van der Waals surface area contributed by atoms with Crippen molar-refractivity contribution in [3.63, 3.8) is 0 Å². The minimum absolute atomic E-state index is 0.00139. The van der Waals surface area contributed by atoms with Gasteiger partial charge in [-0.2, -0.15) is 5.10 Å². The molecule has 0 saturated carbocycles. The van der Waals surface area contributed by atoms with E-state index in [1.54, 1.807) is 16.8 Å². The number of phenolic OH excluding ortho intramolecular Hbond substituents is 1. The Labute approximate surface area is 174 Å². The molecular weight excluding hydrogens is 382 g/mol. The highest BCUT2D eigenvalue weighted by molar-refractivity contribution is 5.42. The fourth-order valence-electron chi connectivity index (χ4n) is 4.50. The fraction of sp³-hybridized carbons (Fsp3) is 0.500. The molecule has 1 unspecified atom stereocenters. The molecule has 2 saturated heterocycles. The van der Waals surface area contributed by atoms with E-state index in [2.05, 4.69) is 27.9 Å². The molecule has 158 valence electrons. The number of aromatic nitrogens is 4. The SMILES string of the molecule is Cc1cc(C2CN(C(C)c3nn4c(C5CCOCC5)ncc4c(=O)[nH]3)C2)ccc1O. The van der Waals surface area contributed by atoms with Crippen molar-refractivity contribution in [3.8, 4) is 5.75 Å². The van der Waals surface area contributed by atoms with Crippen LogP contribution in [0.5, 0.6) is 5.75 Å². The van der Waals surface area contributed by atoms with Crippen molar-refractivity contribution in [2.75, 3.05) is 26.3 Å². The Morgan fingerprint density at radius 1 is 1.23 bits per heavy atom. The molecule has 0 amide bonds. The van der Waals surface area contributed by atoms with Gasteiger partial charge in [-0.05, 0) is 43.9 Å². The number of nitrogens with one attached hydrogen (secondary N) is 1. The van der Waals surface area contributed by atoms with Crippen molar-refractivity contribution in [2.24, 2.45) is 0 Å². The molecule has 4 heterocycles. The Morgan fingerprint density at radius 2 is 2.00 bits per heavy atom. The second-order valence-electron chi connectivity index (χ2n) is 8.51. The molecule has 1 atom stereocenters. The van der Waals surface area contributed by atoms with Gasteiger partial charge in [0, 0.05) is 38.1 Å². The zero-order valence-corrected chi connectivity index (χ0v) is 17.3. The number of imidazole rings is 1. The van der Waals surface area contributed by atoms with Gasteiger partial charge < -0.3 is 14.8 Å². The van der Waals surface area contributed by atoms with Crippen molar-refractivity contribution in [2.45, 2.75) is 44.6 Å². The number of aromatic amines is 1. The summed E-state index contributed by atoms with van der Waals surface area (Å²) < 4.78 is 7.20. The number of nitrogens with zero attached hydrogens (tertiary/aromatic N) is 4. The summed E-state index contributed by atoms with van der Waals surface area (Å²) >= 11 is 0. The predicted octanol–water partition coefficient (Wildman–Crippen LogP) is 2.49. The van der Waals surface area contributed by atoms with Crippen molar-refractivity contribution in [3.05, 3.63) is 57.5 Å². The lowest BCUT2D eigenvalue weighted by Gasteiger charge is -2.43. The van der Waals surface area contributed by atoms with Crippen molar-refractivity contribution in [1.29, 1.82) is 0 Å². The summed E-state index contributed by atoms with van der Waals surface area (Å²) in [6, 6.07) is 5.81. The third kappa shape index (κ3) is 3.30. The van der Waals surface area contributed by atoms with Crippen LogP contribution in [0.15, 0.2) is 29.2 Å². The van der Waals surface area contributed by atoms with Gasteiger partial charge in [0.25, 0.3) is 5.56 Å². The monoisotopic (exact) mass is 409 g/mol. The van der Waals surface area contributed by atoms with Gasteiger partial charge in [0.05, 0.1) is 12.2 Å². The van der Waals surface area contributed by atoms with E-state index in [0.717, 1.165) is 50.5 Å². The fourth-order valence-corrected chi connectivity index (χ4v) is 4.50. The van der Waals surface area contributed by atoms with Crippen LogP contribution < -0.4 is 5.56 Å². The molecule has 2 aromatic heterocycles. The number of aryl methyl sites for hydroxylation is 1. The van der Waals surface area contributed by atoms with Crippen LogP contribution in [0, 0.1) is 6.92 Å². The molecule has 2 aliphatic rings. The van der Waals surface area contributed by atoms with E-state index in [-0.39, 0.29) is 17.5 Å². The minimum atomic E-state index is -0.149. The maximum absolute atomic E-state index is 12.7. The third-order valence-electron chi connectivity index (χ3n) is 6.58. The maximum Gasteiger partial charge on any atom is 0.277 e. The number of fused-ring (bicyclic) bond motifs is 1. The largest absolute Gasteiger partial charge is 0.508 e. The van der Waals surface area contributed by atoms with Crippen LogP contribution in [0.3, 0.4) is 0 Å².